The van der Waals surface area contributed by atoms with E-state index < -0.39 is 5.25 Å². The second-order valence-electron chi connectivity index (χ2n) is 6.24. The lowest BCUT2D eigenvalue weighted by atomic mass is 10.2. The van der Waals surface area contributed by atoms with Crippen molar-refractivity contribution in [3.63, 3.8) is 0 Å². The van der Waals surface area contributed by atoms with E-state index >= 15 is 0 Å². The minimum atomic E-state index is -0.526. The Morgan fingerprint density at radius 2 is 2.04 bits per heavy atom. The average Bonchev–Trinajstić information content (AvgIpc) is 2.95. The Balaban J connectivity index is 1.74. The number of para-hydroxylation sites is 1. The third-order valence-corrected chi connectivity index (χ3v) is 5.81. The van der Waals surface area contributed by atoms with Gasteiger partial charge in [-0.3, -0.25) is 14.5 Å². The van der Waals surface area contributed by atoms with Gasteiger partial charge < -0.3 is 5.32 Å². The molecule has 1 heterocycles. The number of aliphatic imine (C=N–C) groups is 1. The van der Waals surface area contributed by atoms with Crippen molar-refractivity contribution >= 4 is 51.7 Å². The molecular weight excluding hydrogens is 394 g/mol. The Morgan fingerprint density at radius 1 is 1.29 bits per heavy atom. The van der Waals surface area contributed by atoms with Crippen LogP contribution in [-0.4, -0.2) is 33.7 Å². The molecule has 28 heavy (non-hydrogen) atoms. The summed E-state index contributed by atoms with van der Waals surface area (Å²) < 4.78 is 0. The molecule has 1 fully saturated rings. The summed E-state index contributed by atoms with van der Waals surface area (Å²) in [6.45, 7) is 5.90. The lowest BCUT2D eigenvalue weighted by Crippen LogP contribution is -2.33. The number of nitrogens with zero attached hydrogens (tertiary/aromatic N) is 2. The van der Waals surface area contributed by atoms with E-state index in [9.17, 15) is 9.59 Å². The lowest BCUT2D eigenvalue weighted by molar-refractivity contribution is -0.127. The molecule has 1 N–H and O–H groups in total. The fraction of sp³-hybridized carbons (Fsp3) is 0.190. The van der Waals surface area contributed by atoms with Crippen LogP contribution >= 0.6 is 23.4 Å². The average molecular weight is 414 g/mol. The maximum Gasteiger partial charge on any atom is 0.242 e. The summed E-state index contributed by atoms with van der Waals surface area (Å²) in [5, 5.41) is 3.48. The Hall–Kier alpha value is -2.57. The normalized spacial score (nSPS) is 17.8. The van der Waals surface area contributed by atoms with Crippen LogP contribution < -0.4 is 5.32 Å². The maximum absolute atomic E-state index is 12.8. The summed E-state index contributed by atoms with van der Waals surface area (Å²) in [7, 11) is 0. The van der Waals surface area contributed by atoms with Crippen molar-refractivity contribution in [2.75, 3.05) is 11.9 Å². The molecule has 0 aliphatic carbocycles. The summed E-state index contributed by atoms with van der Waals surface area (Å²) in [4.78, 5) is 31.4. The molecule has 0 bridgehead atoms. The molecule has 0 spiro atoms. The van der Waals surface area contributed by atoms with Gasteiger partial charge in [0.05, 0.1) is 5.69 Å². The predicted molar refractivity (Wildman–Crippen MR) is 116 cm³/mol. The quantitative estimate of drug-likeness (QED) is 0.692. The predicted octanol–water partition coefficient (Wildman–Crippen LogP) is 4.79. The molecular formula is C21H20ClN3O2S. The summed E-state index contributed by atoms with van der Waals surface area (Å²) in [5.74, 6) is -0.381. The third-order valence-electron chi connectivity index (χ3n) is 4.23. The number of benzene rings is 2. The van der Waals surface area contributed by atoms with E-state index in [1.54, 1.807) is 29.2 Å². The topological polar surface area (TPSA) is 61.8 Å². The first-order valence-corrected chi connectivity index (χ1v) is 10.0. The molecule has 7 heteroatoms. The van der Waals surface area contributed by atoms with E-state index in [0.29, 0.717) is 22.4 Å². The largest absolute Gasteiger partial charge is 0.326 e. The Morgan fingerprint density at radius 3 is 2.75 bits per heavy atom. The standard InChI is InChI=1S/C21H20ClN3O2S/c1-3-12-25-20(27)18(28-21(25)23-15-8-5-4-6-9-15)13-19(26)24-17-11-7-10-16(22)14(17)2/h3-11,18H,1,12-13H2,2H3,(H,24,26)/t18-/m1/s1. The Labute approximate surface area is 173 Å². The van der Waals surface area contributed by atoms with Gasteiger partial charge in [0.1, 0.15) is 5.25 Å². The second kappa shape index (κ2) is 9.08. The number of anilines is 1. The summed E-state index contributed by atoms with van der Waals surface area (Å²) in [5.41, 5.74) is 2.20. The van der Waals surface area contributed by atoms with Crippen molar-refractivity contribution in [3.8, 4) is 0 Å². The molecule has 144 valence electrons. The van der Waals surface area contributed by atoms with Crippen molar-refractivity contribution in [1.29, 1.82) is 0 Å². The first-order chi connectivity index (χ1) is 13.5. The molecule has 1 aliphatic heterocycles. The van der Waals surface area contributed by atoms with Crippen molar-refractivity contribution in [2.24, 2.45) is 4.99 Å². The molecule has 0 radical (unpaired) electrons. The van der Waals surface area contributed by atoms with Crippen LogP contribution in [0.2, 0.25) is 5.02 Å². The van der Waals surface area contributed by atoms with E-state index in [4.69, 9.17) is 11.6 Å². The van der Waals surface area contributed by atoms with Crippen LogP contribution in [0.3, 0.4) is 0 Å². The van der Waals surface area contributed by atoms with Crippen LogP contribution in [0.4, 0.5) is 11.4 Å². The van der Waals surface area contributed by atoms with Crippen LogP contribution in [0, 0.1) is 6.92 Å². The van der Waals surface area contributed by atoms with E-state index in [1.807, 2.05) is 37.3 Å². The molecule has 1 aliphatic rings. The molecule has 0 unspecified atom stereocenters. The number of nitrogens with one attached hydrogen (secondary N) is 1. The van der Waals surface area contributed by atoms with Gasteiger partial charge in [0.25, 0.3) is 0 Å². The van der Waals surface area contributed by atoms with Crippen molar-refractivity contribution in [3.05, 3.63) is 71.8 Å². The number of carbonyl (C=O) groups is 2. The van der Waals surface area contributed by atoms with Crippen molar-refractivity contribution in [2.45, 2.75) is 18.6 Å². The second-order valence-corrected chi connectivity index (χ2v) is 7.82. The number of halogens is 1. The van der Waals surface area contributed by atoms with Crippen LogP contribution in [0.15, 0.2) is 66.2 Å². The van der Waals surface area contributed by atoms with Gasteiger partial charge in [0.2, 0.25) is 11.8 Å². The molecule has 1 saturated heterocycles. The van der Waals surface area contributed by atoms with Crippen LogP contribution in [0.1, 0.15) is 12.0 Å². The SMILES string of the molecule is C=CCN1C(=O)[C@@H](CC(=O)Nc2cccc(Cl)c2C)SC1=Nc1ccccc1. The Bertz CT molecular complexity index is 931. The van der Waals surface area contributed by atoms with Gasteiger partial charge in [0, 0.05) is 23.7 Å². The number of thioether (sulfide) groups is 1. The maximum atomic E-state index is 12.8. The molecule has 3 rings (SSSR count). The Kier molecular flexibility index (Phi) is 6.54. The van der Waals surface area contributed by atoms with Gasteiger partial charge in [-0.05, 0) is 36.8 Å². The highest BCUT2D eigenvalue weighted by Gasteiger charge is 2.38. The molecule has 2 amide bonds. The van der Waals surface area contributed by atoms with Crippen LogP contribution in [0.25, 0.3) is 0 Å². The zero-order valence-electron chi connectivity index (χ0n) is 15.4. The van der Waals surface area contributed by atoms with Gasteiger partial charge in [-0.15, -0.1) is 6.58 Å². The number of hydrogen-bond donors (Lipinski definition) is 1. The van der Waals surface area contributed by atoms with Gasteiger partial charge >= 0.3 is 0 Å². The summed E-state index contributed by atoms with van der Waals surface area (Å²) in [6.07, 6.45) is 1.70. The molecule has 0 aromatic heterocycles. The van der Waals surface area contributed by atoms with E-state index in [1.165, 1.54) is 11.8 Å². The van der Waals surface area contributed by atoms with Gasteiger partial charge in [-0.2, -0.15) is 0 Å². The smallest absolute Gasteiger partial charge is 0.242 e. The highest BCUT2D eigenvalue weighted by atomic mass is 35.5. The molecule has 0 saturated carbocycles. The number of amides is 2. The van der Waals surface area contributed by atoms with Crippen molar-refractivity contribution < 1.29 is 9.59 Å². The third kappa shape index (κ3) is 4.64. The zero-order chi connectivity index (χ0) is 20.1. The fourth-order valence-electron chi connectivity index (χ4n) is 2.75. The summed E-state index contributed by atoms with van der Waals surface area (Å²) >= 11 is 7.40. The molecule has 2 aromatic rings. The number of carbonyl (C=O) groups excluding carboxylic acids is 2. The zero-order valence-corrected chi connectivity index (χ0v) is 17.0. The highest BCUT2D eigenvalue weighted by molar-refractivity contribution is 8.15. The van der Waals surface area contributed by atoms with Crippen molar-refractivity contribution in [1.82, 2.24) is 4.90 Å². The van der Waals surface area contributed by atoms with Gasteiger partial charge in [0.15, 0.2) is 5.17 Å². The first-order valence-electron chi connectivity index (χ1n) is 8.77. The summed E-state index contributed by atoms with van der Waals surface area (Å²) in [6, 6.07) is 14.7. The number of rotatable bonds is 6. The molecule has 5 nitrogen and oxygen atoms in total. The van der Waals surface area contributed by atoms with Crippen LogP contribution in [0.5, 0.6) is 0 Å². The molecule has 2 aromatic carbocycles. The van der Waals surface area contributed by atoms with E-state index in [0.717, 1.165) is 11.3 Å². The van der Waals surface area contributed by atoms with E-state index in [2.05, 4.69) is 16.9 Å². The minimum Gasteiger partial charge on any atom is -0.326 e. The van der Waals surface area contributed by atoms with Gasteiger partial charge in [-0.1, -0.05) is 53.7 Å². The lowest BCUT2D eigenvalue weighted by Gasteiger charge is -2.14. The van der Waals surface area contributed by atoms with Crippen LogP contribution in [-0.2, 0) is 9.59 Å². The first kappa shape index (κ1) is 20.2. The highest BCUT2D eigenvalue weighted by Crippen LogP contribution is 2.32. The molecule has 1 atom stereocenters. The number of amidine groups is 1. The monoisotopic (exact) mass is 413 g/mol. The van der Waals surface area contributed by atoms with E-state index in [-0.39, 0.29) is 18.2 Å². The fourth-order valence-corrected chi connectivity index (χ4v) is 4.09. The van der Waals surface area contributed by atoms with Gasteiger partial charge in [-0.25, -0.2) is 4.99 Å². The minimum absolute atomic E-state index is 0.0525. The number of hydrogen-bond acceptors (Lipinski definition) is 4.